The van der Waals surface area contributed by atoms with E-state index in [0.29, 0.717) is 16.8 Å². The zero-order chi connectivity index (χ0) is 18.8. The van der Waals surface area contributed by atoms with Crippen molar-refractivity contribution in [3.8, 4) is 11.4 Å². The summed E-state index contributed by atoms with van der Waals surface area (Å²) in [5.41, 5.74) is 2.19. The highest BCUT2D eigenvalue weighted by atomic mass is 35.5. The average Bonchev–Trinajstić information content (AvgIpc) is 3.44. The fourth-order valence-electron chi connectivity index (χ4n) is 3.46. The van der Waals surface area contributed by atoms with Crippen molar-refractivity contribution in [1.82, 2.24) is 19.7 Å². The normalized spacial score (nSPS) is 16.9. The molecular weight excluding hydrogens is 380 g/mol. The Bertz CT molecular complexity index is 857. The van der Waals surface area contributed by atoms with Crippen LogP contribution in [0.4, 0.5) is 0 Å². The van der Waals surface area contributed by atoms with Crippen LogP contribution < -0.4 is 0 Å². The monoisotopic (exact) mass is 402 g/mol. The lowest BCUT2D eigenvalue weighted by Crippen LogP contribution is -2.34. The summed E-state index contributed by atoms with van der Waals surface area (Å²) < 4.78 is 1.93. The van der Waals surface area contributed by atoms with E-state index in [0.717, 1.165) is 42.2 Å². The van der Waals surface area contributed by atoms with Crippen molar-refractivity contribution < 1.29 is 4.79 Å². The van der Waals surface area contributed by atoms with Crippen LogP contribution >= 0.6 is 23.4 Å². The molecule has 0 spiro atoms. The molecule has 142 valence electrons. The van der Waals surface area contributed by atoms with Gasteiger partial charge in [0.25, 0.3) is 0 Å². The van der Waals surface area contributed by atoms with Gasteiger partial charge in [0.1, 0.15) is 0 Å². The first kappa shape index (κ1) is 18.6. The highest BCUT2D eigenvalue weighted by molar-refractivity contribution is 7.99. The minimum Gasteiger partial charge on any atom is -0.313 e. The molecule has 2 aliphatic rings. The summed E-state index contributed by atoms with van der Waals surface area (Å²) in [5, 5.41) is 10.0. The van der Waals surface area contributed by atoms with E-state index in [2.05, 4.69) is 21.2 Å². The number of nitrogens with zero attached hydrogens (tertiary/aromatic N) is 4. The summed E-state index contributed by atoms with van der Waals surface area (Å²) in [7, 11) is 1.93. The Kier molecular flexibility index (Phi) is 5.55. The fraction of sp³-hybridized carbons (Fsp3) is 0.450. The van der Waals surface area contributed by atoms with Gasteiger partial charge >= 0.3 is 0 Å². The van der Waals surface area contributed by atoms with Gasteiger partial charge in [-0.1, -0.05) is 29.4 Å². The van der Waals surface area contributed by atoms with E-state index >= 15 is 0 Å². The second-order valence-electron chi connectivity index (χ2n) is 7.10. The summed E-state index contributed by atoms with van der Waals surface area (Å²) in [4.78, 5) is 15.0. The lowest BCUT2D eigenvalue weighted by Gasteiger charge is -2.27. The first-order valence-corrected chi connectivity index (χ1v) is 10.8. The average molecular weight is 403 g/mol. The molecule has 0 saturated heterocycles. The third-order valence-electron chi connectivity index (χ3n) is 5.02. The predicted molar refractivity (Wildman–Crippen MR) is 109 cm³/mol. The molecule has 2 aliphatic carbocycles. The molecule has 0 atom stereocenters. The van der Waals surface area contributed by atoms with Gasteiger partial charge in [-0.3, -0.25) is 4.79 Å². The van der Waals surface area contributed by atoms with E-state index < -0.39 is 0 Å². The zero-order valence-corrected chi connectivity index (χ0v) is 17.0. The molecule has 7 heteroatoms. The Labute approximate surface area is 168 Å². The number of hydrogen-bond acceptors (Lipinski definition) is 4. The van der Waals surface area contributed by atoms with Gasteiger partial charge in [-0.05, 0) is 62.8 Å². The maximum absolute atomic E-state index is 12.9. The van der Waals surface area contributed by atoms with Gasteiger partial charge in [-0.2, -0.15) is 0 Å². The molecule has 0 aliphatic heterocycles. The molecule has 1 fully saturated rings. The first-order chi connectivity index (χ1) is 13.1. The number of halogens is 1. The molecule has 1 aromatic heterocycles. The Hall–Kier alpha value is -1.79. The standard InChI is InChI=1S/C20H23ClN4OS/c1-24-19(14-7-9-15(21)10-8-14)22-23-20(24)27-13-18(26)25(17-11-12-17)16-5-3-2-4-6-16/h5,7-10,17H,2-4,6,11-13H2,1H3. The number of hydrogen-bond donors (Lipinski definition) is 0. The summed E-state index contributed by atoms with van der Waals surface area (Å²) >= 11 is 7.42. The fourth-order valence-corrected chi connectivity index (χ4v) is 4.35. The summed E-state index contributed by atoms with van der Waals surface area (Å²) in [6.45, 7) is 0. The second kappa shape index (κ2) is 8.07. The Morgan fingerprint density at radius 2 is 2.04 bits per heavy atom. The second-order valence-corrected chi connectivity index (χ2v) is 8.48. The molecule has 1 amide bonds. The van der Waals surface area contributed by atoms with E-state index in [1.54, 1.807) is 0 Å². The van der Waals surface area contributed by atoms with Crippen molar-refractivity contribution >= 4 is 29.3 Å². The molecule has 1 heterocycles. The molecule has 0 bridgehead atoms. The molecular formula is C20H23ClN4OS. The van der Waals surface area contributed by atoms with Gasteiger partial charge < -0.3 is 9.47 Å². The van der Waals surface area contributed by atoms with Crippen LogP contribution in [-0.2, 0) is 11.8 Å². The largest absolute Gasteiger partial charge is 0.313 e. The maximum atomic E-state index is 12.9. The third kappa shape index (κ3) is 4.22. The molecule has 1 saturated carbocycles. The van der Waals surface area contributed by atoms with Gasteiger partial charge in [0.15, 0.2) is 11.0 Å². The smallest absolute Gasteiger partial charge is 0.237 e. The highest BCUT2D eigenvalue weighted by Crippen LogP contribution is 2.34. The van der Waals surface area contributed by atoms with Crippen molar-refractivity contribution in [2.45, 2.75) is 49.7 Å². The van der Waals surface area contributed by atoms with Gasteiger partial charge in [0, 0.05) is 29.4 Å². The number of benzene rings is 1. The van der Waals surface area contributed by atoms with Crippen LogP contribution in [0.25, 0.3) is 11.4 Å². The van der Waals surface area contributed by atoms with Crippen LogP contribution in [0.1, 0.15) is 38.5 Å². The molecule has 27 heavy (non-hydrogen) atoms. The van der Waals surface area contributed by atoms with Crippen LogP contribution in [0.2, 0.25) is 5.02 Å². The number of rotatable bonds is 6. The van der Waals surface area contributed by atoms with E-state index in [4.69, 9.17) is 11.6 Å². The maximum Gasteiger partial charge on any atom is 0.237 e. The molecule has 5 nitrogen and oxygen atoms in total. The molecule has 0 N–H and O–H groups in total. The van der Waals surface area contributed by atoms with E-state index in [1.807, 2.05) is 35.9 Å². The van der Waals surface area contributed by atoms with Crippen molar-refractivity contribution in [2.24, 2.45) is 7.05 Å². The number of thioether (sulfide) groups is 1. The number of carbonyl (C=O) groups is 1. The summed E-state index contributed by atoms with van der Waals surface area (Å²) in [5.74, 6) is 1.35. The lowest BCUT2D eigenvalue weighted by molar-refractivity contribution is -0.127. The molecule has 0 unspecified atom stereocenters. The summed E-state index contributed by atoms with van der Waals surface area (Å²) in [6.07, 6.45) is 9.03. The van der Waals surface area contributed by atoms with Crippen LogP contribution in [0.3, 0.4) is 0 Å². The Morgan fingerprint density at radius 1 is 1.26 bits per heavy atom. The zero-order valence-electron chi connectivity index (χ0n) is 15.4. The number of allylic oxidation sites excluding steroid dienone is 2. The predicted octanol–water partition coefficient (Wildman–Crippen LogP) is 4.68. The van der Waals surface area contributed by atoms with Crippen molar-refractivity contribution in [3.63, 3.8) is 0 Å². The van der Waals surface area contributed by atoms with Crippen molar-refractivity contribution in [2.75, 3.05) is 5.75 Å². The third-order valence-corrected chi connectivity index (χ3v) is 6.28. The highest BCUT2D eigenvalue weighted by Gasteiger charge is 2.35. The Balaban J connectivity index is 1.44. The van der Waals surface area contributed by atoms with E-state index in [9.17, 15) is 4.79 Å². The molecule has 0 radical (unpaired) electrons. The summed E-state index contributed by atoms with van der Waals surface area (Å²) in [6, 6.07) is 7.94. The quantitative estimate of drug-likeness (QED) is 0.658. The molecule has 4 rings (SSSR count). The molecule has 1 aromatic carbocycles. The van der Waals surface area contributed by atoms with Crippen LogP contribution in [0.5, 0.6) is 0 Å². The van der Waals surface area contributed by atoms with Crippen LogP contribution in [0, 0.1) is 0 Å². The van der Waals surface area contributed by atoms with Crippen molar-refractivity contribution in [3.05, 3.63) is 41.1 Å². The SMILES string of the molecule is Cn1c(SCC(=O)N(C2=CCCCC2)C2CC2)nnc1-c1ccc(Cl)cc1. The van der Waals surface area contributed by atoms with Gasteiger partial charge in [0.05, 0.1) is 5.75 Å². The van der Waals surface area contributed by atoms with Crippen LogP contribution in [0.15, 0.2) is 41.2 Å². The first-order valence-electron chi connectivity index (χ1n) is 9.42. The van der Waals surface area contributed by atoms with Crippen LogP contribution in [-0.4, -0.2) is 37.4 Å². The minimum atomic E-state index is 0.187. The van der Waals surface area contributed by atoms with Gasteiger partial charge in [-0.25, -0.2) is 0 Å². The van der Waals surface area contributed by atoms with Gasteiger partial charge in [-0.15, -0.1) is 10.2 Å². The topological polar surface area (TPSA) is 51.0 Å². The number of amides is 1. The van der Waals surface area contributed by atoms with Crippen molar-refractivity contribution in [1.29, 1.82) is 0 Å². The van der Waals surface area contributed by atoms with E-state index in [-0.39, 0.29) is 5.91 Å². The Morgan fingerprint density at radius 3 is 2.70 bits per heavy atom. The molecule has 2 aromatic rings. The number of aromatic nitrogens is 3. The minimum absolute atomic E-state index is 0.187. The lowest BCUT2D eigenvalue weighted by atomic mass is 10.0. The van der Waals surface area contributed by atoms with E-state index in [1.165, 1.54) is 30.3 Å². The number of carbonyl (C=O) groups excluding carboxylic acids is 1. The van der Waals surface area contributed by atoms with Gasteiger partial charge in [0.2, 0.25) is 5.91 Å².